The van der Waals surface area contributed by atoms with Crippen LogP contribution in [0.2, 0.25) is 0 Å². The fourth-order valence-electron chi connectivity index (χ4n) is 3.86. The predicted molar refractivity (Wildman–Crippen MR) is 74.6 cm³/mol. The van der Waals surface area contributed by atoms with E-state index in [0.29, 0.717) is 5.92 Å². The maximum Gasteiger partial charge on any atom is 0.0686 e. The van der Waals surface area contributed by atoms with Crippen molar-refractivity contribution in [2.75, 3.05) is 6.61 Å². The Bertz CT molecular complexity index is 254. The predicted octanol–water partition coefficient (Wildman–Crippen LogP) is 4.06. The fraction of sp³-hybridized carbons (Fsp3) is 1.00. The molecule has 1 aliphatic carbocycles. The minimum Gasteiger partial charge on any atom is -0.390 e. The average Bonchev–Trinajstić information content (AvgIpc) is 2.77. The van der Waals surface area contributed by atoms with Gasteiger partial charge in [0.05, 0.1) is 11.2 Å². The van der Waals surface area contributed by atoms with E-state index in [9.17, 15) is 5.11 Å². The molecule has 1 heterocycles. The number of ether oxygens (including phenoxy) is 1. The topological polar surface area (TPSA) is 29.5 Å². The van der Waals surface area contributed by atoms with Crippen LogP contribution in [0, 0.1) is 5.92 Å². The summed E-state index contributed by atoms with van der Waals surface area (Å²) in [5.74, 6) is 0.446. The molecule has 0 aromatic carbocycles. The normalized spacial score (nSPS) is 30.5. The summed E-state index contributed by atoms with van der Waals surface area (Å²) >= 11 is 0. The summed E-state index contributed by atoms with van der Waals surface area (Å²) in [6.07, 6.45) is 11.8. The third-order valence-electron chi connectivity index (χ3n) is 5.17. The maximum absolute atomic E-state index is 10.8. The lowest BCUT2D eigenvalue weighted by atomic mass is 9.74. The highest BCUT2D eigenvalue weighted by Gasteiger charge is 2.44. The highest BCUT2D eigenvalue weighted by Crippen LogP contribution is 2.45. The molecule has 2 unspecified atom stereocenters. The smallest absolute Gasteiger partial charge is 0.0686 e. The van der Waals surface area contributed by atoms with Crippen molar-refractivity contribution in [3.63, 3.8) is 0 Å². The van der Waals surface area contributed by atoms with Crippen LogP contribution in [0.4, 0.5) is 0 Å². The van der Waals surface area contributed by atoms with Gasteiger partial charge in [-0.3, -0.25) is 0 Å². The molecule has 0 amide bonds. The zero-order valence-electron chi connectivity index (χ0n) is 12.2. The minimum atomic E-state index is -0.478. The summed E-state index contributed by atoms with van der Waals surface area (Å²) in [7, 11) is 0. The summed E-state index contributed by atoms with van der Waals surface area (Å²) in [5, 5.41) is 10.8. The van der Waals surface area contributed by atoms with Crippen LogP contribution >= 0.6 is 0 Å². The van der Waals surface area contributed by atoms with Crippen LogP contribution in [-0.2, 0) is 4.74 Å². The van der Waals surface area contributed by atoms with E-state index in [1.165, 1.54) is 38.5 Å². The zero-order valence-corrected chi connectivity index (χ0v) is 12.2. The van der Waals surface area contributed by atoms with Crippen molar-refractivity contribution in [1.29, 1.82) is 0 Å². The first-order chi connectivity index (χ1) is 8.58. The summed E-state index contributed by atoms with van der Waals surface area (Å²) < 4.78 is 6.07. The van der Waals surface area contributed by atoms with Crippen molar-refractivity contribution >= 4 is 0 Å². The van der Waals surface area contributed by atoms with Gasteiger partial charge >= 0.3 is 0 Å². The van der Waals surface area contributed by atoms with Gasteiger partial charge in [-0.25, -0.2) is 0 Å². The average molecular weight is 254 g/mol. The van der Waals surface area contributed by atoms with E-state index >= 15 is 0 Å². The first kappa shape index (κ1) is 14.3. The van der Waals surface area contributed by atoms with E-state index in [2.05, 4.69) is 13.8 Å². The molecule has 2 heteroatoms. The van der Waals surface area contributed by atoms with Gasteiger partial charge in [-0.05, 0) is 44.9 Å². The lowest BCUT2D eigenvalue weighted by molar-refractivity contribution is -0.137. The molecule has 0 bridgehead atoms. The Balaban J connectivity index is 1.90. The summed E-state index contributed by atoms with van der Waals surface area (Å²) in [6.45, 7) is 5.13. The van der Waals surface area contributed by atoms with Crippen LogP contribution in [0.5, 0.6) is 0 Å². The van der Waals surface area contributed by atoms with Crippen molar-refractivity contribution in [2.24, 2.45) is 5.92 Å². The Morgan fingerprint density at radius 3 is 2.67 bits per heavy atom. The van der Waals surface area contributed by atoms with Gasteiger partial charge in [0.15, 0.2) is 0 Å². The van der Waals surface area contributed by atoms with E-state index in [0.717, 1.165) is 32.3 Å². The highest BCUT2D eigenvalue weighted by molar-refractivity contribution is 4.96. The number of aliphatic hydroxyl groups is 1. The van der Waals surface area contributed by atoms with Crippen LogP contribution in [0.1, 0.15) is 78.1 Å². The molecule has 1 aliphatic heterocycles. The molecule has 1 N–H and O–H groups in total. The molecule has 2 fully saturated rings. The lowest BCUT2D eigenvalue weighted by Crippen LogP contribution is -2.46. The van der Waals surface area contributed by atoms with Crippen molar-refractivity contribution in [2.45, 2.75) is 89.3 Å². The first-order valence-electron chi connectivity index (χ1n) is 7.94. The van der Waals surface area contributed by atoms with Crippen molar-refractivity contribution < 1.29 is 9.84 Å². The van der Waals surface area contributed by atoms with E-state index < -0.39 is 5.60 Å². The Morgan fingerprint density at radius 2 is 2.00 bits per heavy atom. The molecule has 2 nitrogen and oxygen atoms in total. The third kappa shape index (κ3) is 3.27. The van der Waals surface area contributed by atoms with Gasteiger partial charge in [0, 0.05) is 6.61 Å². The second kappa shape index (κ2) is 5.92. The third-order valence-corrected chi connectivity index (χ3v) is 5.17. The van der Waals surface area contributed by atoms with Gasteiger partial charge < -0.3 is 9.84 Å². The molecule has 1 saturated carbocycles. The summed E-state index contributed by atoms with van der Waals surface area (Å²) in [5.41, 5.74) is -0.341. The Kier molecular flexibility index (Phi) is 4.71. The molecule has 1 saturated heterocycles. The van der Waals surface area contributed by atoms with Crippen LogP contribution in [0.15, 0.2) is 0 Å². The van der Waals surface area contributed by atoms with Gasteiger partial charge in [0.1, 0.15) is 0 Å². The maximum atomic E-state index is 10.8. The van der Waals surface area contributed by atoms with Crippen molar-refractivity contribution in [3.05, 3.63) is 0 Å². The van der Waals surface area contributed by atoms with Crippen LogP contribution < -0.4 is 0 Å². The molecule has 0 aromatic rings. The molecule has 0 aromatic heterocycles. The standard InChI is InChI=1S/C16H30O2/c1-3-4-5-9-15(2,17)14-8-12-18-16(13-14)10-6-7-11-16/h14,17H,3-13H2,1-2H3. The quantitative estimate of drug-likeness (QED) is 0.750. The van der Waals surface area contributed by atoms with Crippen molar-refractivity contribution in [1.82, 2.24) is 0 Å². The second-order valence-electron chi connectivity index (χ2n) is 6.74. The molecule has 1 spiro atoms. The Morgan fingerprint density at radius 1 is 1.28 bits per heavy atom. The minimum absolute atomic E-state index is 0.137. The van der Waals surface area contributed by atoms with E-state index in [4.69, 9.17) is 4.74 Å². The molecular weight excluding hydrogens is 224 g/mol. The molecule has 106 valence electrons. The summed E-state index contributed by atoms with van der Waals surface area (Å²) in [6, 6.07) is 0. The van der Waals surface area contributed by atoms with Crippen LogP contribution in [0.3, 0.4) is 0 Å². The second-order valence-corrected chi connectivity index (χ2v) is 6.74. The monoisotopic (exact) mass is 254 g/mol. The van der Waals surface area contributed by atoms with Gasteiger partial charge in [-0.2, -0.15) is 0 Å². The van der Waals surface area contributed by atoms with E-state index in [-0.39, 0.29) is 5.60 Å². The molecule has 0 radical (unpaired) electrons. The molecule has 18 heavy (non-hydrogen) atoms. The Hall–Kier alpha value is -0.0800. The van der Waals surface area contributed by atoms with Gasteiger partial charge in [0.25, 0.3) is 0 Å². The molecular formula is C16H30O2. The van der Waals surface area contributed by atoms with E-state index in [1.54, 1.807) is 0 Å². The van der Waals surface area contributed by atoms with Gasteiger partial charge in [-0.1, -0.05) is 39.0 Å². The van der Waals surface area contributed by atoms with Crippen LogP contribution in [-0.4, -0.2) is 22.9 Å². The lowest BCUT2D eigenvalue weighted by Gasteiger charge is -2.44. The number of unbranched alkanes of at least 4 members (excludes halogenated alkanes) is 2. The number of hydrogen-bond acceptors (Lipinski definition) is 2. The molecule has 2 aliphatic rings. The van der Waals surface area contributed by atoms with Gasteiger partial charge in [-0.15, -0.1) is 0 Å². The number of rotatable bonds is 5. The SMILES string of the molecule is CCCCCC(C)(O)C1CCOC2(CCCC2)C1. The molecule has 2 rings (SSSR count). The zero-order chi connectivity index (χ0) is 13.1. The largest absolute Gasteiger partial charge is 0.390 e. The van der Waals surface area contributed by atoms with Gasteiger partial charge in [0.2, 0.25) is 0 Å². The summed E-state index contributed by atoms with van der Waals surface area (Å²) in [4.78, 5) is 0. The highest BCUT2D eigenvalue weighted by atomic mass is 16.5. The number of hydrogen-bond donors (Lipinski definition) is 1. The fourth-order valence-corrected chi connectivity index (χ4v) is 3.86. The van der Waals surface area contributed by atoms with E-state index in [1.807, 2.05) is 0 Å². The Labute approximate surface area is 112 Å². The van der Waals surface area contributed by atoms with Crippen LogP contribution in [0.25, 0.3) is 0 Å². The first-order valence-corrected chi connectivity index (χ1v) is 7.94. The molecule has 2 atom stereocenters. The van der Waals surface area contributed by atoms with Crippen molar-refractivity contribution in [3.8, 4) is 0 Å².